The van der Waals surface area contributed by atoms with Crippen LogP contribution in [0.15, 0.2) is 53.7 Å². The van der Waals surface area contributed by atoms with Gasteiger partial charge in [0.05, 0.1) is 19.3 Å². The number of carbonyl (C=O) groups excluding carboxylic acids is 1. The molecule has 7 nitrogen and oxygen atoms in total. The number of carbonyl (C=O) groups is 1. The molecule has 1 aromatic carbocycles. The summed E-state index contributed by atoms with van der Waals surface area (Å²) in [5.41, 5.74) is 2.69. The van der Waals surface area contributed by atoms with Gasteiger partial charge in [0.15, 0.2) is 5.96 Å². The first kappa shape index (κ1) is 20.7. The zero-order valence-electron chi connectivity index (χ0n) is 14.2. The fourth-order valence-corrected chi connectivity index (χ4v) is 1.96. The van der Waals surface area contributed by atoms with Crippen LogP contribution in [0, 0.1) is 0 Å². The maximum atomic E-state index is 11.1. The Morgan fingerprint density at radius 2 is 1.84 bits per heavy atom. The Labute approximate surface area is 164 Å². The van der Waals surface area contributed by atoms with Gasteiger partial charge >= 0.3 is 6.09 Å². The van der Waals surface area contributed by atoms with Crippen LogP contribution in [-0.4, -0.2) is 31.2 Å². The lowest BCUT2D eigenvalue weighted by Crippen LogP contribution is -2.36. The molecule has 1 heterocycles. The third kappa shape index (κ3) is 7.38. The van der Waals surface area contributed by atoms with Gasteiger partial charge in [0.25, 0.3) is 0 Å². The number of anilines is 1. The molecule has 2 aromatic rings. The molecular weight excluding hydrogens is 433 g/mol. The summed E-state index contributed by atoms with van der Waals surface area (Å²) in [6, 6.07) is 13.3. The van der Waals surface area contributed by atoms with Crippen molar-refractivity contribution in [2.24, 2.45) is 4.99 Å². The molecule has 0 saturated carbocycles. The Morgan fingerprint density at radius 3 is 2.44 bits per heavy atom. The van der Waals surface area contributed by atoms with Crippen LogP contribution in [0.25, 0.3) is 0 Å². The number of methoxy groups -OCH3 is 1. The van der Waals surface area contributed by atoms with Crippen molar-refractivity contribution < 1.29 is 9.53 Å². The number of rotatable bonds is 5. The lowest BCUT2D eigenvalue weighted by atomic mass is 10.2. The van der Waals surface area contributed by atoms with Gasteiger partial charge in [-0.05, 0) is 29.8 Å². The number of nitrogens with zero attached hydrogens (tertiary/aromatic N) is 2. The first-order chi connectivity index (χ1) is 11.7. The number of hydrogen-bond acceptors (Lipinski definition) is 4. The van der Waals surface area contributed by atoms with Crippen molar-refractivity contribution in [2.75, 3.05) is 19.5 Å². The smallest absolute Gasteiger partial charge is 0.411 e. The lowest BCUT2D eigenvalue weighted by Gasteiger charge is -2.12. The van der Waals surface area contributed by atoms with Crippen molar-refractivity contribution in [2.45, 2.75) is 13.1 Å². The van der Waals surface area contributed by atoms with Crippen LogP contribution in [0.2, 0.25) is 0 Å². The molecule has 3 N–H and O–H groups in total. The molecule has 8 heteroatoms. The van der Waals surface area contributed by atoms with Gasteiger partial charge in [0.1, 0.15) is 0 Å². The summed E-state index contributed by atoms with van der Waals surface area (Å²) in [4.78, 5) is 19.6. The minimum Gasteiger partial charge on any atom is -0.453 e. The van der Waals surface area contributed by atoms with Crippen molar-refractivity contribution in [1.29, 1.82) is 0 Å². The second-order valence-electron chi connectivity index (χ2n) is 4.91. The number of benzene rings is 1. The van der Waals surface area contributed by atoms with E-state index in [1.807, 2.05) is 42.5 Å². The number of amides is 1. The molecule has 0 spiro atoms. The van der Waals surface area contributed by atoms with E-state index in [1.54, 1.807) is 13.2 Å². The Balaban J connectivity index is 0.00000312. The molecule has 25 heavy (non-hydrogen) atoms. The van der Waals surface area contributed by atoms with Gasteiger partial charge in [-0.1, -0.05) is 18.2 Å². The SMILES string of the molecule is CN=C(NCc1ccc(NC(=O)OC)cc1)NCc1ccccn1.I. The molecule has 134 valence electrons. The van der Waals surface area contributed by atoms with E-state index < -0.39 is 6.09 Å². The van der Waals surface area contributed by atoms with Crippen molar-refractivity contribution in [1.82, 2.24) is 15.6 Å². The maximum Gasteiger partial charge on any atom is 0.411 e. The highest BCUT2D eigenvalue weighted by Crippen LogP contribution is 2.09. The molecule has 1 aromatic heterocycles. The van der Waals surface area contributed by atoms with E-state index in [9.17, 15) is 4.79 Å². The average Bonchev–Trinajstić information content (AvgIpc) is 2.64. The van der Waals surface area contributed by atoms with Gasteiger partial charge < -0.3 is 15.4 Å². The van der Waals surface area contributed by atoms with Gasteiger partial charge in [-0.3, -0.25) is 15.3 Å². The topological polar surface area (TPSA) is 87.6 Å². The summed E-state index contributed by atoms with van der Waals surface area (Å²) < 4.78 is 4.55. The summed E-state index contributed by atoms with van der Waals surface area (Å²) in [5.74, 6) is 0.692. The standard InChI is InChI=1S/C17H21N5O2.HI/c1-18-16(21-12-15-5-3-4-10-19-15)20-11-13-6-8-14(9-7-13)22-17(23)24-2;/h3-10H,11-12H2,1-2H3,(H,22,23)(H2,18,20,21);1H. The van der Waals surface area contributed by atoms with Crippen LogP contribution in [0.3, 0.4) is 0 Å². The number of aliphatic imine (C=N–C) groups is 1. The van der Waals surface area contributed by atoms with Crippen LogP contribution in [0.5, 0.6) is 0 Å². The minimum atomic E-state index is -0.486. The molecule has 0 aliphatic rings. The fourth-order valence-electron chi connectivity index (χ4n) is 1.96. The highest BCUT2D eigenvalue weighted by Gasteiger charge is 2.02. The van der Waals surface area contributed by atoms with E-state index in [0.29, 0.717) is 24.7 Å². The summed E-state index contributed by atoms with van der Waals surface area (Å²) >= 11 is 0. The van der Waals surface area contributed by atoms with E-state index in [0.717, 1.165) is 11.3 Å². The van der Waals surface area contributed by atoms with E-state index >= 15 is 0 Å². The van der Waals surface area contributed by atoms with Crippen LogP contribution >= 0.6 is 24.0 Å². The summed E-state index contributed by atoms with van der Waals surface area (Å²) in [5, 5.41) is 9.04. The molecule has 1 amide bonds. The van der Waals surface area contributed by atoms with E-state index in [-0.39, 0.29) is 24.0 Å². The number of ether oxygens (including phenoxy) is 1. The first-order valence-corrected chi connectivity index (χ1v) is 7.49. The number of guanidine groups is 1. The molecule has 0 atom stereocenters. The van der Waals surface area contributed by atoms with E-state index in [2.05, 4.69) is 30.7 Å². The maximum absolute atomic E-state index is 11.1. The predicted octanol–water partition coefficient (Wildman–Crippen LogP) is 2.74. The second-order valence-corrected chi connectivity index (χ2v) is 4.91. The van der Waals surface area contributed by atoms with Gasteiger partial charge in [0.2, 0.25) is 0 Å². The first-order valence-electron chi connectivity index (χ1n) is 7.49. The van der Waals surface area contributed by atoms with Crippen LogP contribution in [0.4, 0.5) is 10.5 Å². The third-order valence-corrected chi connectivity index (χ3v) is 3.23. The van der Waals surface area contributed by atoms with Crippen molar-refractivity contribution in [3.63, 3.8) is 0 Å². The van der Waals surface area contributed by atoms with Crippen molar-refractivity contribution in [3.8, 4) is 0 Å². The molecule has 0 radical (unpaired) electrons. The zero-order valence-corrected chi connectivity index (χ0v) is 16.5. The van der Waals surface area contributed by atoms with Crippen molar-refractivity contribution >= 4 is 41.7 Å². The third-order valence-electron chi connectivity index (χ3n) is 3.23. The van der Waals surface area contributed by atoms with Crippen LogP contribution in [0.1, 0.15) is 11.3 Å². The summed E-state index contributed by atoms with van der Waals surface area (Å²) in [7, 11) is 3.05. The number of hydrogen-bond donors (Lipinski definition) is 3. The molecule has 0 aliphatic heterocycles. The number of nitrogens with one attached hydrogen (secondary N) is 3. The zero-order chi connectivity index (χ0) is 17.2. The van der Waals surface area contributed by atoms with Crippen LogP contribution in [-0.2, 0) is 17.8 Å². The summed E-state index contributed by atoms with van der Waals surface area (Å²) in [6.07, 6.45) is 1.27. The van der Waals surface area contributed by atoms with Gasteiger partial charge in [-0.15, -0.1) is 24.0 Å². The molecule has 0 saturated heterocycles. The van der Waals surface area contributed by atoms with E-state index in [4.69, 9.17) is 0 Å². The Morgan fingerprint density at radius 1 is 1.12 bits per heavy atom. The highest BCUT2D eigenvalue weighted by molar-refractivity contribution is 14.0. The Kier molecular flexibility index (Phi) is 9.30. The van der Waals surface area contributed by atoms with Gasteiger partial charge in [0, 0.05) is 25.5 Å². The molecule has 2 rings (SSSR count). The molecule has 0 bridgehead atoms. The molecule has 0 fully saturated rings. The second kappa shape index (κ2) is 11.2. The fraction of sp³-hybridized carbons (Fsp3) is 0.235. The van der Waals surface area contributed by atoms with Gasteiger partial charge in [-0.2, -0.15) is 0 Å². The van der Waals surface area contributed by atoms with Crippen molar-refractivity contribution in [3.05, 3.63) is 59.9 Å². The average molecular weight is 455 g/mol. The number of halogens is 1. The summed E-state index contributed by atoms with van der Waals surface area (Å²) in [6.45, 7) is 1.21. The highest BCUT2D eigenvalue weighted by atomic mass is 127. The normalized spacial score (nSPS) is 10.4. The lowest BCUT2D eigenvalue weighted by molar-refractivity contribution is 0.187. The number of aromatic nitrogens is 1. The quantitative estimate of drug-likeness (QED) is 0.367. The minimum absolute atomic E-state index is 0. The Bertz CT molecular complexity index is 677. The van der Waals surface area contributed by atoms with Gasteiger partial charge in [-0.25, -0.2) is 4.79 Å². The Hall–Kier alpha value is -2.36. The largest absolute Gasteiger partial charge is 0.453 e. The molecule has 0 aliphatic carbocycles. The number of pyridine rings is 1. The molecular formula is C17H22IN5O2. The molecule has 0 unspecified atom stereocenters. The van der Waals surface area contributed by atoms with E-state index in [1.165, 1.54) is 7.11 Å². The van der Waals surface area contributed by atoms with Crippen LogP contribution < -0.4 is 16.0 Å². The predicted molar refractivity (Wildman–Crippen MR) is 109 cm³/mol. The monoisotopic (exact) mass is 455 g/mol.